The Morgan fingerprint density at radius 2 is 1.91 bits per heavy atom. The maximum Gasteiger partial charge on any atom is 0.340 e. The number of carbonyl (C=O) groups excluding carboxylic acids is 1. The van der Waals surface area contributed by atoms with E-state index in [4.69, 9.17) is 4.74 Å². The number of aromatic hydroxyl groups is 1. The number of aromatic nitrogens is 1. The van der Waals surface area contributed by atoms with Crippen molar-refractivity contribution in [3.63, 3.8) is 0 Å². The van der Waals surface area contributed by atoms with Crippen molar-refractivity contribution in [3.05, 3.63) is 64.8 Å². The lowest BCUT2D eigenvalue weighted by molar-refractivity contribution is 0.0474. The number of carbonyl (C=O) groups is 1. The van der Waals surface area contributed by atoms with Crippen LogP contribution in [0.5, 0.6) is 5.75 Å². The normalized spacial score (nSPS) is 10.8. The summed E-state index contributed by atoms with van der Waals surface area (Å²) in [6.45, 7) is 3.94. The summed E-state index contributed by atoms with van der Waals surface area (Å²) in [5.41, 5.74) is 3.89. The van der Waals surface area contributed by atoms with Gasteiger partial charge < -0.3 is 14.8 Å². The fourth-order valence-electron chi connectivity index (χ4n) is 2.64. The van der Waals surface area contributed by atoms with Gasteiger partial charge in [-0.2, -0.15) is 0 Å². The first kappa shape index (κ1) is 14.2. The Labute approximate surface area is 128 Å². The summed E-state index contributed by atoms with van der Waals surface area (Å²) in [7, 11) is 0. The van der Waals surface area contributed by atoms with E-state index >= 15 is 0 Å². The van der Waals surface area contributed by atoms with Crippen LogP contribution in [-0.2, 0) is 11.3 Å². The smallest absolute Gasteiger partial charge is 0.340 e. The SMILES string of the molecule is Cc1[nH]c2c(C)cc(O)cc2c1C(=O)OCc1ccccc1. The first-order valence-corrected chi connectivity index (χ1v) is 7.09. The van der Waals surface area contributed by atoms with Crippen LogP contribution in [0.25, 0.3) is 10.9 Å². The third-order valence-electron chi connectivity index (χ3n) is 3.69. The van der Waals surface area contributed by atoms with E-state index in [0.29, 0.717) is 10.9 Å². The van der Waals surface area contributed by atoms with Crippen LogP contribution in [0.2, 0.25) is 0 Å². The molecular weight excluding hydrogens is 278 g/mol. The maximum absolute atomic E-state index is 12.4. The minimum absolute atomic E-state index is 0.140. The van der Waals surface area contributed by atoms with Crippen LogP contribution >= 0.6 is 0 Å². The average molecular weight is 295 g/mol. The van der Waals surface area contributed by atoms with Crippen molar-refractivity contribution in [2.75, 3.05) is 0 Å². The highest BCUT2D eigenvalue weighted by atomic mass is 16.5. The van der Waals surface area contributed by atoms with Crippen LogP contribution in [0.15, 0.2) is 42.5 Å². The van der Waals surface area contributed by atoms with Gasteiger partial charge >= 0.3 is 5.97 Å². The number of phenolic OH excluding ortho intramolecular Hbond substituents is 1. The summed E-state index contributed by atoms with van der Waals surface area (Å²) < 4.78 is 5.40. The zero-order valence-corrected chi connectivity index (χ0v) is 12.5. The zero-order chi connectivity index (χ0) is 15.7. The number of ether oxygens (including phenoxy) is 1. The number of hydrogen-bond donors (Lipinski definition) is 2. The molecule has 0 bridgehead atoms. The molecule has 0 aliphatic rings. The van der Waals surface area contributed by atoms with Crippen molar-refractivity contribution in [1.29, 1.82) is 0 Å². The highest BCUT2D eigenvalue weighted by molar-refractivity contribution is 6.06. The van der Waals surface area contributed by atoms with Gasteiger partial charge in [0.2, 0.25) is 0 Å². The number of phenols is 1. The highest BCUT2D eigenvalue weighted by Gasteiger charge is 2.19. The van der Waals surface area contributed by atoms with Gasteiger partial charge in [0.05, 0.1) is 5.56 Å². The monoisotopic (exact) mass is 295 g/mol. The van der Waals surface area contributed by atoms with Gasteiger partial charge in [0.1, 0.15) is 12.4 Å². The number of esters is 1. The minimum atomic E-state index is -0.391. The molecule has 0 spiro atoms. The number of rotatable bonds is 3. The molecule has 0 radical (unpaired) electrons. The molecule has 0 saturated heterocycles. The number of fused-ring (bicyclic) bond motifs is 1. The Kier molecular flexibility index (Phi) is 3.59. The van der Waals surface area contributed by atoms with E-state index in [0.717, 1.165) is 22.3 Å². The molecule has 0 aliphatic heterocycles. The van der Waals surface area contributed by atoms with Crippen molar-refractivity contribution in [2.45, 2.75) is 20.5 Å². The van der Waals surface area contributed by atoms with E-state index in [1.807, 2.05) is 44.2 Å². The molecule has 2 N–H and O–H groups in total. The number of nitrogens with one attached hydrogen (secondary N) is 1. The standard InChI is InChI=1S/C18H17NO3/c1-11-8-14(20)9-15-16(12(2)19-17(11)15)18(21)22-10-13-6-4-3-5-7-13/h3-9,19-20H,10H2,1-2H3. The molecule has 2 aromatic carbocycles. The van der Waals surface area contributed by atoms with Crippen LogP contribution in [-0.4, -0.2) is 16.1 Å². The molecule has 1 heterocycles. The second-order valence-electron chi connectivity index (χ2n) is 5.37. The quantitative estimate of drug-likeness (QED) is 0.721. The van der Waals surface area contributed by atoms with Crippen LogP contribution in [0.3, 0.4) is 0 Å². The van der Waals surface area contributed by atoms with Gasteiger partial charge in [0.15, 0.2) is 0 Å². The average Bonchev–Trinajstić information content (AvgIpc) is 2.82. The lowest BCUT2D eigenvalue weighted by Gasteiger charge is -2.05. The van der Waals surface area contributed by atoms with Crippen molar-refractivity contribution in [3.8, 4) is 5.75 Å². The van der Waals surface area contributed by atoms with Crippen molar-refractivity contribution in [2.24, 2.45) is 0 Å². The summed E-state index contributed by atoms with van der Waals surface area (Å²) in [4.78, 5) is 15.6. The molecule has 0 unspecified atom stereocenters. The predicted octanol–water partition coefficient (Wildman–Crippen LogP) is 3.85. The van der Waals surface area contributed by atoms with Gasteiger partial charge in [-0.1, -0.05) is 30.3 Å². The zero-order valence-electron chi connectivity index (χ0n) is 12.5. The Morgan fingerprint density at radius 1 is 1.18 bits per heavy atom. The van der Waals surface area contributed by atoms with Gasteiger partial charge in [0.25, 0.3) is 0 Å². The van der Waals surface area contributed by atoms with Crippen LogP contribution in [0.4, 0.5) is 0 Å². The predicted molar refractivity (Wildman–Crippen MR) is 85.0 cm³/mol. The molecule has 0 atom stereocenters. The highest BCUT2D eigenvalue weighted by Crippen LogP contribution is 2.29. The Morgan fingerprint density at radius 3 is 2.64 bits per heavy atom. The first-order chi connectivity index (χ1) is 10.6. The lowest BCUT2D eigenvalue weighted by atomic mass is 10.1. The Balaban J connectivity index is 1.92. The number of benzene rings is 2. The molecule has 1 aromatic heterocycles. The largest absolute Gasteiger partial charge is 0.508 e. The van der Waals surface area contributed by atoms with Gasteiger partial charge in [-0.25, -0.2) is 4.79 Å². The van der Waals surface area contributed by atoms with E-state index in [2.05, 4.69) is 4.98 Å². The molecule has 22 heavy (non-hydrogen) atoms. The third-order valence-corrected chi connectivity index (χ3v) is 3.69. The Bertz CT molecular complexity index is 834. The second kappa shape index (κ2) is 5.56. The van der Waals surface area contributed by atoms with E-state index in [-0.39, 0.29) is 12.4 Å². The van der Waals surface area contributed by atoms with E-state index in [1.54, 1.807) is 12.1 Å². The van der Waals surface area contributed by atoms with Crippen LogP contribution in [0.1, 0.15) is 27.2 Å². The van der Waals surface area contributed by atoms with Crippen molar-refractivity contribution >= 4 is 16.9 Å². The fraction of sp³-hybridized carbons (Fsp3) is 0.167. The number of aromatic amines is 1. The summed E-state index contributed by atoms with van der Waals surface area (Å²) in [5.74, 6) is -0.251. The maximum atomic E-state index is 12.4. The number of hydrogen-bond acceptors (Lipinski definition) is 3. The van der Waals surface area contributed by atoms with E-state index in [1.165, 1.54) is 0 Å². The van der Waals surface area contributed by atoms with Crippen LogP contribution in [0, 0.1) is 13.8 Å². The van der Waals surface area contributed by atoms with Gasteiger partial charge in [0, 0.05) is 16.6 Å². The van der Waals surface area contributed by atoms with Crippen molar-refractivity contribution < 1.29 is 14.6 Å². The van der Waals surface area contributed by atoms with Gasteiger partial charge in [-0.3, -0.25) is 0 Å². The minimum Gasteiger partial charge on any atom is -0.508 e. The number of H-pyrrole nitrogens is 1. The molecule has 0 fully saturated rings. The molecule has 3 aromatic rings. The fourth-order valence-corrected chi connectivity index (χ4v) is 2.64. The molecule has 4 nitrogen and oxygen atoms in total. The van der Waals surface area contributed by atoms with E-state index < -0.39 is 5.97 Å². The number of aryl methyl sites for hydroxylation is 2. The van der Waals surface area contributed by atoms with Gasteiger partial charge in [-0.15, -0.1) is 0 Å². The van der Waals surface area contributed by atoms with Gasteiger partial charge in [-0.05, 0) is 37.1 Å². The topological polar surface area (TPSA) is 62.3 Å². The summed E-state index contributed by atoms with van der Waals surface area (Å²) >= 11 is 0. The molecule has 3 rings (SSSR count). The van der Waals surface area contributed by atoms with Crippen LogP contribution < -0.4 is 0 Å². The van der Waals surface area contributed by atoms with Crippen molar-refractivity contribution in [1.82, 2.24) is 4.98 Å². The first-order valence-electron chi connectivity index (χ1n) is 7.09. The van der Waals surface area contributed by atoms with E-state index in [9.17, 15) is 9.90 Å². The molecule has 0 amide bonds. The summed E-state index contributed by atoms with van der Waals surface area (Å²) in [6.07, 6.45) is 0. The molecule has 112 valence electrons. The molecule has 0 saturated carbocycles. The second-order valence-corrected chi connectivity index (χ2v) is 5.37. The summed E-state index contributed by atoms with van der Waals surface area (Å²) in [5, 5.41) is 10.5. The Hall–Kier alpha value is -2.75. The molecular formula is C18H17NO3. The molecule has 0 aliphatic carbocycles. The lowest BCUT2D eigenvalue weighted by Crippen LogP contribution is -2.06. The molecule has 4 heteroatoms. The summed E-state index contributed by atoms with van der Waals surface area (Å²) in [6, 6.07) is 12.8. The third kappa shape index (κ3) is 2.55.